The molecule has 4 rings (SSSR count). The molecule has 3 aromatic rings. The molecule has 0 saturated heterocycles. The predicted molar refractivity (Wildman–Crippen MR) is 113 cm³/mol. The first kappa shape index (κ1) is 20.5. The zero-order valence-electron chi connectivity index (χ0n) is 17.2. The molecule has 0 bridgehead atoms. The fourth-order valence-corrected chi connectivity index (χ4v) is 4.23. The van der Waals surface area contributed by atoms with Crippen molar-refractivity contribution >= 4 is 32.7 Å². The third-order valence-corrected chi connectivity index (χ3v) is 6.98. The topological polar surface area (TPSA) is 105 Å². The van der Waals surface area contributed by atoms with Gasteiger partial charge >= 0.3 is 0 Å². The van der Waals surface area contributed by atoms with Crippen molar-refractivity contribution in [2.24, 2.45) is 0 Å². The van der Waals surface area contributed by atoms with Crippen molar-refractivity contribution in [3.8, 4) is 0 Å². The summed E-state index contributed by atoms with van der Waals surface area (Å²) < 4.78 is 31.0. The van der Waals surface area contributed by atoms with E-state index in [4.69, 9.17) is 4.52 Å². The van der Waals surface area contributed by atoms with Crippen LogP contribution in [0.3, 0.4) is 0 Å². The minimum absolute atomic E-state index is 0.164. The molecule has 0 spiro atoms. The maximum atomic E-state index is 13.1. The maximum Gasteiger partial charge on any atom is 0.259 e. The maximum absolute atomic E-state index is 13.1. The first-order valence-electron chi connectivity index (χ1n) is 9.94. The van der Waals surface area contributed by atoms with Gasteiger partial charge in [-0.25, -0.2) is 17.7 Å². The van der Waals surface area contributed by atoms with Crippen LogP contribution in [0.15, 0.2) is 39.8 Å². The van der Waals surface area contributed by atoms with Gasteiger partial charge in [-0.3, -0.25) is 4.79 Å². The third-order valence-electron chi connectivity index (χ3n) is 5.15. The lowest BCUT2D eigenvalue weighted by Gasteiger charge is -2.12. The van der Waals surface area contributed by atoms with Crippen LogP contribution in [0.4, 0.5) is 5.69 Å². The number of benzene rings is 1. The van der Waals surface area contributed by atoms with Gasteiger partial charge in [-0.15, -0.1) is 0 Å². The largest absolute Gasteiger partial charge is 0.336 e. The summed E-state index contributed by atoms with van der Waals surface area (Å²) >= 11 is 0. The Labute approximate surface area is 175 Å². The summed E-state index contributed by atoms with van der Waals surface area (Å²) in [6, 6.07) is 7.94. The number of fused-ring (bicyclic) bond motifs is 1. The lowest BCUT2D eigenvalue weighted by atomic mass is 10.0. The number of rotatable bonds is 7. The lowest BCUT2D eigenvalue weighted by Crippen LogP contribution is -2.22. The molecule has 30 heavy (non-hydrogen) atoms. The highest BCUT2D eigenvalue weighted by atomic mass is 32.2. The monoisotopic (exact) mass is 428 g/mol. The highest BCUT2D eigenvalue weighted by Crippen LogP contribution is 2.40. The van der Waals surface area contributed by atoms with E-state index in [0.717, 1.165) is 35.0 Å². The molecular weight excluding hydrogens is 404 g/mol. The Morgan fingerprint density at radius 1 is 1.23 bits per heavy atom. The molecule has 1 aliphatic rings. The number of anilines is 1. The number of pyridine rings is 1. The number of hydrogen-bond donors (Lipinski definition) is 1. The molecular formula is C21H24N4O4S. The number of sulfonamides is 1. The molecule has 1 amide bonds. The van der Waals surface area contributed by atoms with Gasteiger partial charge in [-0.2, -0.15) is 0 Å². The number of nitrogens with one attached hydrogen (secondary N) is 1. The van der Waals surface area contributed by atoms with Crippen molar-refractivity contribution in [2.45, 2.75) is 43.4 Å². The van der Waals surface area contributed by atoms with Crippen molar-refractivity contribution < 1.29 is 17.7 Å². The molecule has 1 aromatic carbocycles. The number of carbonyl (C=O) groups excluding carboxylic acids is 1. The van der Waals surface area contributed by atoms with E-state index >= 15 is 0 Å². The van der Waals surface area contributed by atoms with Crippen molar-refractivity contribution in [1.29, 1.82) is 0 Å². The van der Waals surface area contributed by atoms with Crippen LogP contribution < -0.4 is 5.32 Å². The molecule has 2 heterocycles. The summed E-state index contributed by atoms with van der Waals surface area (Å²) in [4.78, 5) is 17.9. The molecule has 158 valence electrons. The number of aromatic nitrogens is 2. The number of carbonyl (C=O) groups is 1. The van der Waals surface area contributed by atoms with E-state index in [0.29, 0.717) is 34.7 Å². The molecule has 9 heteroatoms. The van der Waals surface area contributed by atoms with Gasteiger partial charge in [0.2, 0.25) is 10.0 Å². The Balaban J connectivity index is 1.67. The highest BCUT2D eigenvalue weighted by molar-refractivity contribution is 7.89. The van der Waals surface area contributed by atoms with E-state index in [1.54, 1.807) is 12.1 Å². The molecule has 0 radical (unpaired) electrons. The predicted octanol–water partition coefficient (Wildman–Crippen LogP) is 3.56. The zero-order valence-corrected chi connectivity index (χ0v) is 18.0. The Hall–Kier alpha value is -2.78. The summed E-state index contributed by atoms with van der Waals surface area (Å²) in [5.41, 5.74) is 2.94. The van der Waals surface area contributed by atoms with Gasteiger partial charge in [0.25, 0.3) is 11.6 Å². The zero-order chi connectivity index (χ0) is 21.5. The molecule has 0 atom stereocenters. The van der Waals surface area contributed by atoms with Crippen LogP contribution in [-0.4, -0.2) is 42.9 Å². The van der Waals surface area contributed by atoms with Crippen LogP contribution in [0.2, 0.25) is 0 Å². The van der Waals surface area contributed by atoms with Gasteiger partial charge in [0.15, 0.2) is 0 Å². The van der Waals surface area contributed by atoms with Gasteiger partial charge in [0.05, 0.1) is 21.5 Å². The first-order valence-corrected chi connectivity index (χ1v) is 11.4. The first-order chi connectivity index (χ1) is 14.3. The number of aryl methyl sites for hydroxylation is 1. The summed E-state index contributed by atoms with van der Waals surface area (Å²) in [6.45, 7) is 2.04. The van der Waals surface area contributed by atoms with Crippen molar-refractivity contribution in [2.75, 3.05) is 19.4 Å². The normalized spacial score (nSPS) is 14.4. The molecule has 0 aliphatic heterocycles. The second-order valence-electron chi connectivity index (χ2n) is 7.69. The Morgan fingerprint density at radius 3 is 2.53 bits per heavy atom. The minimum Gasteiger partial charge on any atom is -0.336 e. The molecule has 0 unspecified atom stereocenters. The summed E-state index contributed by atoms with van der Waals surface area (Å²) in [7, 11) is -0.572. The van der Waals surface area contributed by atoms with E-state index < -0.39 is 10.0 Å². The van der Waals surface area contributed by atoms with Crippen LogP contribution >= 0.6 is 0 Å². The third kappa shape index (κ3) is 3.82. The summed E-state index contributed by atoms with van der Waals surface area (Å²) in [6.07, 6.45) is 3.67. The molecule has 1 aliphatic carbocycles. The number of amides is 1. The Kier molecular flexibility index (Phi) is 5.33. The second-order valence-corrected chi connectivity index (χ2v) is 9.85. The van der Waals surface area contributed by atoms with Crippen LogP contribution in [0.1, 0.15) is 53.8 Å². The standard InChI is InChI=1S/C21H24N4O4S/c1-4-5-17-19-16(12-18(13-6-7-13)23-21(19)29-24-17)20(26)22-14-8-10-15(11-9-14)30(27,28)25(2)3/h8-13H,4-7H2,1-3H3,(H,22,26). The van der Waals surface area contributed by atoms with Crippen molar-refractivity contribution in [3.63, 3.8) is 0 Å². The van der Waals surface area contributed by atoms with E-state index in [2.05, 4.69) is 15.5 Å². The van der Waals surface area contributed by atoms with Gasteiger partial charge in [0.1, 0.15) is 0 Å². The van der Waals surface area contributed by atoms with Crippen LogP contribution in [0.5, 0.6) is 0 Å². The van der Waals surface area contributed by atoms with Crippen LogP contribution in [-0.2, 0) is 16.4 Å². The summed E-state index contributed by atoms with van der Waals surface area (Å²) in [5.74, 6) is 0.0595. The molecule has 2 aromatic heterocycles. The number of nitrogens with zero attached hydrogens (tertiary/aromatic N) is 3. The fraction of sp³-hybridized carbons (Fsp3) is 0.381. The smallest absolute Gasteiger partial charge is 0.259 e. The SMILES string of the molecule is CCCc1noc2nc(C3CC3)cc(C(=O)Nc3ccc(S(=O)(=O)N(C)C)cc3)c12. The molecule has 1 N–H and O–H groups in total. The average molecular weight is 429 g/mol. The van der Waals surface area contributed by atoms with Crippen molar-refractivity contribution in [3.05, 3.63) is 47.3 Å². The van der Waals surface area contributed by atoms with E-state index in [9.17, 15) is 13.2 Å². The molecule has 8 nitrogen and oxygen atoms in total. The highest BCUT2D eigenvalue weighted by Gasteiger charge is 2.29. The van der Waals surface area contributed by atoms with Crippen LogP contribution in [0, 0.1) is 0 Å². The summed E-state index contributed by atoms with van der Waals surface area (Å²) in [5, 5.41) is 7.63. The molecule has 1 saturated carbocycles. The lowest BCUT2D eigenvalue weighted by molar-refractivity contribution is 0.102. The van der Waals surface area contributed by atoms with E-state index in [-0.39, 0.29) is 10.8 Å². The Bertz CT molecular complexity index is 1200. The van der Waals surface area contributed by atoms with Gasteiger partial charge in [-0.1, -0.05) is 18.5 Å². The van der Waals surface area contributed by atoms with Gasteiger partial charge in [-0.05, 0) is 49.6 Å². The van der Waals surface area contributed by atoms with Crippen LogP contribution in [0.25, 0.3) is 11.1 Å². The van der Waals surface area contributed by atoms with E-state index in [1.165, 1.54) is 26.2 Å². The second kappa shape index (κ2) is 7.81. The minimum atomic E-state index is -3.52. The van der Waals surface area contributed by atoms with Gasteiger partial charge in [0, 0.05) is 31.4 Å². The fourth-order valence-electron chi connectivity index (χ4n) is 3.32. The number of hydrogen-bond acceptors (Lipinski definition) is 6. The van der Waals surface area contributed by atoms with E-state index in [1.807, 2.05) is 13.0 Å². The molecule has 1 fully saturated rings. The average Bonchev–Trinajstić information content (AvgIpc) is 3.49. The quantitative estimate of drug-likeness (QED) is 0.617. The van der Waals surface area contributed by atoms with Crippen molar-refractivity contribution in [1.82, 2.24) is 14.4 Å². The Morgan fingerprint density at radius 2 is 1.93 bits per heavy atom. The van der Waals surface area contributed by atoms with Gasteiger partial charge < -0.3 is 9.84 Å².